The number of hydrogen-bond donors (Lipinski definition) is 1. The van der Waals surface area contributed by atoms with Crippen LogP contribution in [-0.4, -0.2) is 17.7 Å². The highest BCUT2D eigenvalue weighted by Gasteiger charge is 2.38. The Morgan fingerprint density at radius 3 is 1.86 bits per heavy atom. The fourth-order valence-electron chi connectivity index (χ4n) is 1.79. The van der Waals surface area contributed by atoms with Crippen LogP contribution in [-0.2, 0) is 10.1 Å². The summed E-state index contributed by atoms with van der Waals surface area (Å²) in [5.74, 6) is 0. The molecule has 0 saturated carbocycles. The lowest BCUT2D eigenvalue weighted by Crippen LogP contribution is -2.37. The Hall–Kier alpha value is -0.0900. The zero-order valence-corrected chi connectivity index (χ0v) is 10.2. The average Bonchev–Trinajstić information content (AvgIpc) is 2.11. The van der Waals surface area contributed by atoms with Gasteiger partial charge in [0, 0.05) is 0 Å². The van der Waals surface area contributed by atoms with Gasteiger partial charge in [0.15, 0.2) is 0 Å². The van der Waals surface area contributed by atoms with Gasteiger partial charge in [-0.15, -0.1) is 0 Å². The Morgan fingerprint density at radius 2 is 1.57 bits per heavy atom. The molecule has 0 atom stereocenters. The minimum Gasteiger partial charge on any atom is -0.285 e. The number of hydrogen-bond acceptors (Lipinski definition) is 2. The maximum atomic E-state index is 11.3. The van der Waals surface area contributed by atoms with E-state index in [0.717, 1.165) is 19.3 Å². The van der Waals surface area contributed by atoms with E-state index in [1.807, 2.05) is 13.8 Å². The Kier molecular flexibility index (Phi) is 5.67. The summed E-state index contributed by atoms with van der Waals surface area (Å²) < 4.78 is 30.8. The Morgan fingerprint density at radius 1 is 1.07 bits per heavy atom. The predicted octanol–water partition coefficient (Wildman–Crippen LogP) is 3.01. The van der Waals surface area contributed by atoms with E-state index in [9.17, 15) is 13.0 Å². The molecular weight excluding hydrogens is 200 g/mol. The monoisotopic (exact) mass is 222 g/mol. The third-order valence-corrected chi connectivity index (χ3v) is 4.95. The molecule has 0 aromatic heterocycles. The van der Waals surface area contributed by atoms with Crippen molar-refractivity contribution in [2.75, 3.05) is 0 Å². The molecule has 0 spiro atoms. The second kappa shape index (κ2) is 5.71. The first-order valence-electron chi connectivity index (χ1n) is 5.40. The van der Waals surface area contributed by atoms with E-state index in [4.69, 9.17) is 0 Å². The van der Waals surface area contributed by atoms with E-state index in [1.54, 1.807) is 0 Å². The summed E-state index contributed by atoms with van der Waals surface area (Å²) in [7, 11) is -3.91. The van der Waals surface area contributed by atoms with Crippen molar-refractivity contribution in [2.24, 2.45) is 0 Å². The fraction of sp³-hybridized carbons (Fsp3) is 1.00. The van der Waals surface area contributed by atoms with E-state index in [0.29, 0.717) is 19.3 Å². The van der Waals surface area contributed by atoms with E-state index >= 15 is 0 Å². The summed E-state index contributed by atoms with van der Waals surface area (Å²) >= 11 is 0. The van der Waals surface area contributed by atoms with Gasteiger partial charge >= 0.3 is 0 Å². The molecule has 4 heteroatoms. The highest BCUT2D eigenvalue weighted by molar-refractivity contribution is 7.87. The summed E-state index contributed by atoms with van der Waals surface area (Å²) in [5, 5.41) is 0. The molecule has 86 valence electrons. The molecule has 0 bridgehead atoms. The maximum Gasteiger partial charge on any atom is 0.270 e. The Labute approximate surface area is 87.7 Å². The first-order chi connectivity index (χ1) is 6.43. The Balaban J connectivity index is 4.56. The van der Waals surface area contributed by atoms with Crippen molar-refractivity contribution in [3.63, 3.8) is 0 Å². The first kappa shape index (κ1) is 13.9. The van der Waals surface area contributed by atoms with Crippen LogP contribution in [0.15, 0.2) is 0 Å². The Bertz CT molecular complexity index is 240. The van der Waals surface area contributed by atoms with Crippen LogP contribution in [0.25, 0.3) is 0 Å². The molecule has 0 heterocycles. The quantitative estimate of drug-likeness (QED) is 0.532. The molecule has 14 heavy (non-hydrogen) atoms. The van der Waals surface area contributed by atoms with Crippen LogP contribution >= 0.6 is 0 Å². The minimum atomic E-state index is -3.91. The summed E-state index contributed by atoms with van der Waals surface area (Å²) in [6, 6.07) is 0. The highest BCUT2D eigenvalue weighted by atomic mass is 32.2. The molecule has 0 saturated heterocycles. The maximum absolute atomic E-state index is 11.3. The van der Waals surface area contributed by atoms with Crippen molar-refractivity contribution >= 4 is 10.1 Å². The van der Waals surface area contributed by atoms with Gasteiger partial charge in [0.2, 0.25) is 0 Å². The molecule has 0 amide bonds. The van der Waals surface area contributed by atoms with Crippen LogP contribution < -0.4 is 0 Å². The molecule has 0 fully saturated rings. The second-order valence-electron chi connectivity index (χ2n) is 3.82. The predicted molar refractivity (Wildman–Crippen MR) is 59.0 cm³/mol. The molecule has 0 unspecified atom stereocenters. The van der Waals surface area contributed by atoms with Gasteiger partial charge in [0.1, 0.15) is 0 Å². The molecule has 0 aliphatic rings. The van der Waals surface area contributed by atoms with Crippen molar-refractivity contribution in [1.82, 2.24) is 0 Å². The molecular formula is C10H22O3S. The molecule has 1 N–H and O–H groups in total. The molecule has 0 radical (unpaired) electrons. The molecule has 0 rings (SSSR count). The van der Waals surface area contributed by atoms with E-state index in [-0.39, 0.29) is 0 Å². The van der Waals surface area contributed by atoms with Gasteiger partial charge in [-0.1, -0.05) is 40.0 Å². The summed E-state index contributed by atoms with van der Waals surface area (Å²) in [4.78, 5) is 0. The minimum absolute atomic E-state index is 0.492. The number of rotatable bonds is 7. The van der Waals surface area contributed by atoms with Crippen molar-refractivity contribution in [2.45, 2.75) is 64.0 Å². The van der Waals surface area contributed by atoms with Crippen LogP contribution in [0.3, 0.4) is 0 Å². The SMILES string of the molecule is CCCCCC(CC)(CC)S(=O)(=O)O. The van der Waals surface area contributed by atoms with Crippen LogP contribution in [0.2, 0.25) is 0 Å². The van der Waals surface area contributed by atoms with Gasteiger partial charge in [0.05, 0.1) is 4.75 Å². The van der Waals surface area contributed by atoms with E-state index in [1.165, 1.54) is 0 Å². The normalized spacial score (nSPS) is 13.1. The highest BCUT2D eigenvalue weighted by Crippen LogP contribution is 2.31. The van der Waals surface area contributed by atoms with Crippen molar-refractivity contribution in [3.05, 3.63) is 0 Å². The molecule has 0 aromatic rings. The van der Waals surface area contributed by atoms with Crippen molar-refractivity contribution in [1.29, 1.82) is 0 Å². The number of unbranched alkanes of at least 4 members (excludes halogenated alkanes) is 2. The topological polar surface area (TPSA) is 54.4 Å². The summed E-state index contributed by atoms with van der Waals surface area (Å²) in [5.41, 5.74) is 0. The van der Waals surface area contributed by atoms with Gasteiger partial charge in [-0.3, -0.25) is 4.55 Å². The molecule has 0 aromatic carbocycles. The van der Waals surface area contributed by atoms with Crippen LogP contribution in [0.1, 0.15) is 59.3 Å². The lowest BCUT2D eigenvalue weighted by atomic mass is 9.95. The molecule has 3 nitrogen and oxygen atoms in total. The zero-order chi connectivity index (χ0) is 11.2. The third-order valence-electron chi connectivity index (χ3n) is 3.07. The zero-order valence-electron chi connectivity index (χ0n) is 9.41. The molecule has 0 aliphatic carbocycles. The average molecular weight is 222 g/mol. The third kappa shape index (κ3) is 3.24. The van der Waals surface area contributed by atoms with E-state index < -0.39 is 14.9 Å². The van der Waals surface area contributed by atoms with Gasteiger partial charge in [0.25, 0.3) is 10.1 Å². The van der Waals surface area contributed by atoms with Gasteiger partial charge in [-0.2, -0.15) is 8.42 Å². The first-order valence-corrected chi connectivity index (χ1v) is 6.84. The smallest absolute Gasteiger partial charge is 0.270 e. The van der Waals surface area contributed by atoms with Crippen LogP contribution in [0, 0.1) is 0 Å². The lowest BCUT2D eigenvalue weighted by Gasteiger charge is -2.27. The lowest BCUT2D eigenvalue weighted by molar-refractivity contribution is 0.380. The van der Waals surface area contributed by atoms with Gasteiger partial charge in [-0.25, -0.2) is 0 Å². The van der Waals surface area contributed by atoms with Crippen LogP contribution in [0.4, 0.5) is 0 Å². The standard InChI is InChI=1S/C10H22O3S/c1-4-7-8-9-10(5-2,6-3)14(11,12)13/h4-9H2,1-3H3,(H,11,12,13). The fourth-order valence-corrected chi connectivity index (χ4v) is 2.93. The van der Waals surface area contributed by atoms with Crippen molar-refractivity contribution < 1.29 is 13.0 Å². The van der Waals surface area contributed by atoms with Crippen molar-refractivity contribution in [3.8, 4) is 0 Å². The van der Waals surface area contributed by atoms with Crippen LogP contribution in [0.5, 0.6) is 0 Å². The largest absolute Gasteiger partial charge is 0.285 e. The molecule has 0 aliphatic heterocycles. The van der Waals surface area contributed by atoms with Gasteiger partial charge < -0.3 is 0 Å². The second-order valence-corrected chi connectivity index (χ2v) is 5.64. The summed E-state index contributed by atoms with van der Waals surface area (Å²) in [6.45, 7) is 5.72. The summed E-state index contributed by atoms with van der Waals surface area (Å²) in [6.07, 6.45) is 4.52. The van der Waals surface area contributed by atoms with E-state index in [2.05, 4.69) is 6.92 Å². The van der Waals surface area contributed by atoms with Gasteiger partial charge in [-0.05, 0) is 19.3 Å².